The molecule has 0 aliphatic heterocycles. The molecular formula is C21H19NO3. The summed E-state index contributed by atoms with van der Waals surface area (Å²) in [5, 5.41) is 13.1. The third kappa shape index (κ3) is 3.80. The first kappa shape index (κ1) is 16.6. The minimum atomic E-state index is -0.349. The van der Waals surface area contributed by atoms with E-state index in [1.54, 1.807) is 12.1 Å². The quantitative estimate of drug-likeness (QED) is 0.744. The van der Waals surface area contributed by atoms with Crippen LogP contribution < -0.4 is 10.1 Å². The van der Waals surface area contributed by atoms with Gasteiger partial charge in [0.05, 0.1) is 18.7 Å². The number of phenols is 1. The molecule has 0 bridgehead atoms. The van der Waals surface area contributed by atoms with Gasteiger partial charge in [0.25, 0.3) is 5.91 Å². The summed E-state index contributed by atoms with van der Waals surface area (Å²) in [5.74, 6) is 0.0336. The van der Waals surface area contributed by atoms with Crippen molar-refractivity contribution in [1.29, 1.82) is 0 Å². The van der Waals surface area contributed by atoms with E-state index in [-0.39, 0.29) is 23.3 Å². The molecule has 25 heavy (non-hydrogen) atoms. The summed E-state index contributed by atoms with van der Waals surface area (Å²) in [6.07, 6.45) is 0. The van der Waals surface area contributed by atoms with Gasteiger partial charge in [-0.3, -0.25) is 4.79 Å². The molecule has 0 unspecified atom stereocenters. The molecule has 0 heterocycles. The van der Waals surface area contributed by atoms with Crippen LogP contribution in [-0.2, 0) is 0 Å². The molecule has 3 aromatic rings. The minimum absolute atomic E-state index is 0.114. The minimum Gasteiger partial charge on any atom is -0.507 e. The lowest BCUT2D eigenvalue weighted by Crippen LogP contribution is -2.29. The van der Waals surface area contributed by atoms with Gasteiger partial charge in [-0.1, -0.05) is 60.7 Å². The monoisotopic (exact) mass is 333 g/mol. The first-order chi connectivity index (χ1) is 12.2. The van der Waals surface area contributed by atoms with E-state index < -0.39 is 0 Å². The maximum absolute atomic E-state index is 12.7. The second-order valence-electron chi connectivity index (χ2n) is 5.61. The Labute approximate surface area is 146 Å². The Kier molecular flexibility index (Phi) is 5.00. The molecule has 3 aromatic carbocycles. The number of rotatable bonds is 5. The molecule has 2 N–H and O–H groups in total. The molecule has 0 aliphatic rings. The van der Waals surface area contributed by atoms with Crippen LogP contribution in [0.5, 0.6) is 11.5 Å². The van der Waals surface area contributed by atoms with Gasteiger partial charge < -0.3 is 15.2 Å². The molecule has 0 saturated heterocycles. The number of carbonyl (C=O) groups excluding carboxylic acids is 1. The van der Waals surface area contributed by atoms with Crippen molar-refractivity contribution in [1.82, 2.24) is 5.32 Å². The highest BCUT2D eigenvalue weighted by Crippen LogP contribution is 2.26. The van der Waals surface area contributed by atoms with Crippen molar-refractivity contribution in [3.05, 3.63) is 95.6 Å². The van der Waals surface area contributed by atoms with Crippen LogP contribution in [0, 0.1) is 0 Å². The normalized spacial score (nSPS) is 10.5. The van der Waals surface area contributed by atoms with E-state index in [1.165, 1.54) is 13.2 Å². The Morgan fingerprint density at radius 2 is 1.48 bits per heavy atom. The Bertz CT molecular complexity index is 808. The smallest absolute Gasteiger partial charge is 0.255 e. The highest BCUT2D eigenvalue weighted by atomic mass is 16.5. The standard InChI is InChI=1S/C21H19NO3/c1-25-17-12-13-18(19(23)14-17)21(24)22-20(15-8-4-2-5-9-15)16-10-6-3-7-11-16/h2-14,20,23H,1H3,(H,22,24). The van der Waals surface area contributed by atoms with E-state index in [0.29, 0.717) is 5.75 Å². The van der Waals surface area contributed by atoms with E-state index in [9.17, 15) is 9.90 Å². The summed E-state index contributed by atoms with van der Waals surface area (Å²) in [4.78, 5) is 12.7. The number of phenolic OH excluding ortho intramolecular Hbond substituents is 1. The topological polar surface area (TPSA) is 58.6 Å². The summed E-state index contributed by atoms with van der Waals surface area (Å²) in [7, 11) is 1.51. The Balaban J connectivity index is 1.92. The molecule has 0 spiro atoms. The lowest BCUT2D eigenvalue weighted by molar-refractivity contribution is 0.0940. The van der Waals surface area contributed by atoms with Gasteiger partial charge in [-0.25, -0.2) is 0 Å². The van der Waals surface area contributed by atoms with Crippen LogP contribution >= 0.6 is 0 Å². The molecule has 0 aliphatic carbocycles. The lowest BCUT2D eigenvalue weighted by Gasteiger charge is -2.20. The molecule has 4 nitrogen and oxygen atoms in total. The fourth-order valence-corrected chi connectivity index (χ4v) is 2.69. The number of benzene rings is 3. The van der Waals surface area contributed by atoms with Gasteiger partial charge in [0.15, 0.2) is 0 Å². The Hall–Kier alpha value is -3.27. The summed E-state index contributed by atoms with van der Waals surface area (Å²) < 4.78 is 5.06. The number of hydrogen-bond donors (Lipinski definition) is 2. The van der Waals surface area contributed by atoms with E-state index in [2.05, 4.69) is 5.32 Å². The van der Waals surface area contributed by atoms with E-state index in [1.807, 2.05) is 60.7 Å². The fourth-order valence-electron chi connectivity index (χ4n) is 2.69. The molecule has 0 fully saturated rings. The number of hydrogen-bond acceptors (Lipinski definition) is 3. The molecule has 3 rings (SSSR count). The van der Waals surface area contributed by atoms with Crippen LogP contribution in [0.1, 0.15) is 27.5 Å². The second-order valence-corrected chi connectivity index (χ2v) is 5.61. The number of amides is 1. The van der Waals surface area contributed by atoms with E-state index in [4.69, 9.17) is 4.74 Å². The highest BCUT2D eigenvalue weighted by Gasteiger charge is 2.19. The molecule has 0 radical (unpaired) electrons. The first-order valence-corrected chi connectivity index (χ1v) is 7.97. The van der Waals surface area contributed by atoms with Gasteiger partial charge in [0, 0.05) is 6.07 Å². The number of ether oxygens (including phenoxy) is 1. The third-order valence-electron chi connectivity index (χ3n) is 3.99. The van der Waals surface area contributed by atoms with Gasteiger partial charge in [0.2, 0.25) is 0 Å². The molecule has 0 aromatic heterocycles. The van der Waals surface area contributed by atoms with Crippen molar-refractivity contribution in [2.45, 2.75) is 6.04 Å². The maximum Gasteiger partial charge on any atom is 0.255 e. The third-order valence-corrected chi connectivity index (χ3v) is 3.99. The number of aromatic hydroxyl groups is 1. The average Bonchev–Trinajstić information content (AvgIpc) is 2.67. The fraction of sp³-hybridized carbons (Fsp3) is 0.0952. The Morgan fingerprint density at radius 3 is 1.96 bits per heavy atom. The summed E-state index contributed by atoms with van der Waals surface area (Å²) in [5.41, 5.74) is 2.14. The largest absolute Gasteiger partial charge is 0.507 e. The van der Waals surface area contributed by atoms with E-state index >= 15 is 0 Å². The zero-order valence-electron chi connectivity index (χ0n) is 13.8. The summed E-state index contributed by atoms with van der Waals surface area (Å²) in [6, 6.07) is 23.8. The summed E-state index contributed by atoms with van der Waals surface area (Å²) >= 11 is 0. The van der Waals surface area contributed by atoms with Crippen molar-refractivity contribution in [3.63, 3.8) is 0 Å². The Morgan fingerprint density at radius 1 is 0.920 bits per heavy atom. The van der Waals surface area contributed by atoms with Gasteiger partial charge >= 0.3 is 0 Å². The van der Waals surface area contributed by atoms with Crippen LogP contribution in [0.3, 0.4) is 0 Å². The van der Waals surface area contributed by atoms with Crippen molar-refractivity contribution in [2.75, 3.05) is 7.11 Å². The number of methoxy groups -OCH3 is 1. The maximum atomic E-state index is 12.7. The number of nitrogens with one attached hydrogen (secondary N) is 1. The molecule has 126 valence electrons. The SMILES string of the molecule is COc1ccc(C(=O)NC(c2ccccc2)c2ccccc2)c(O)c1. The zero-order chi connectivity index (χ0) is 17.6. The first-order valence-electron chi connectivity index (χ1n) is 7.97. The molecule has 0 atom stereocenters. The van der Waals surface area contributed by atoms with Crippen molar-refractivity contribution in [3.8, 4) is 11.5 Å². The van der Waals surface area contributed by atoms with Crippen molar-refractivity contribution in [2.24, 2.45) is 0 Å². The van der Waals surface area contributed by atoms with Gasteiger partial charge in [-0.05, 0) is 23.3 Å². The predicted octanol–water partition coefficient (Wildman–Crippen LogP) is 3.92. The van der Waals surface area contributed by atoms with Gasteiger partial charge in [0.1, 0.15) is 11.5 Å². The highest BCUT2D eigenvalue weighted by molar-refractivity contribution is 5.97. The van der Waals surface area contributed by atoms with Crippen LogP contribution in [0.4, 0.5) is 0 Å². The van der Waals surface area contributed by atoms with Crippen LogP contribution in [0.25, 0.3) is 0 Å². The molecule has 4 heteroatoms. The lowest BCUT2D eigenvalue weighted by atomic mass is 9.98. The van der Waals surface area contributed by atoms with Gasteiger partial charge in [-0.15, -0.1) is 0 Å². The molecule has 0 saturated carbocycles. The molecule has 1 amide bonds. The number of carbonyl (C=O) groups is 1. The van der Waals surface area contributed by atoms with E-state index in [0.717, 1.165) is 11.1 Å². The predicted molar refractivity (Wildman–Crippen MR) is 96.9 cm³/mol. The van der Waals surface area contributed by atoms with Crippen LogP contribution in [-0.4, -0.2) is 18.1 Å². The van der Waals surface area contributed by atoms with Crippen LogP contribution in [0.2, 0.25) is 0 Å². The van der Waals surface area contributed by atoms with Crippen molar-refractivity contribution < 1.29 is 14.6 Å². The zero-order valence-corrected chi connectivity index (χ0v) is 13.8. The molecular weight excluding hydrogens is 314 g/mol. The van der Waals surface area contributed by atoms with Crippen LogP contribution in [0.15, 0.2) is 78.9 Å². The second kappa shape index (κ2) is 7.53. The average molecular weight is 333 g/mol. The van der Waals surface area contributed by atoms with Gasteiger partial charge in [-0.2, -0.15) is 0 Å². The van der Waals surface area contributed by atoms with Crippen molar-refractivity contribution >= 4 is 5.91 Å². The summed E-state index contributed by atoms with van der Waals surface area (Å²) in [6.45, 7) is 0.